The summed E-state index contributed by atoms with van der Waals surface area (Å²) in [5, 5.41) is 46.0. The predicted molar refractivity (Wildman–Crippen MR) is 121 cm³/mol. The molecule has 0 saturated heterocycles. The minimum absolute atomic E-state index is 0.138. The summed E-state index contributed by atoms with van der Waals surface area (Å²) in [6, 6.07) is -0.210. The molecule has 23 heteroatoms. The number of hydrogen-bond acceptors (Lipinski definition) is 10. The maximum absolute atomic E-state index is 13.9. The summed E-state index contributed by atoms with van der Waals surface area (Å²) in [6.45, 7) is 0. The lowest BCUT2D eigenvalue weighted by atomic mass is 10.1. The van der Waals surface area contributed by atoms with Crippen LogP contribution in [0.5, 0.6) is 23.0 Å². The fraction of sp³-hybridized carbons (Fsp3) is 0.143. The highest BCUT2D eigenvalue weighted by Gasteiger charge is 2.43. The number of rotatable bonds is 8. The number of benzene rings is 3. The molecule has 0 fully saturated rings. The molecule has 234 valence electrons. The van der Waals surface area contributed by atoms with Gasteiger partial charge in [0.05, 0.1) is 30.8 Å². The second-order valence-electron chi connectivity index (χ2n) is 8.05. The van der Waals surface area contributed by atoms with Crippen LogP contribution < -0.4 is 9.47 Å². The second kappa shape index (κ2) is 11.1. The van der Waals surface area contributed by atoms with Crippen LogP contribution in [0, 0.1) is 40.5 Å². The molecule has 0 aliphatic heterocycles. The maximum atomic E-state index is 13.9. The Kier molecular flexibility index (Phi) is 8.29. The standard InChI is InChI=1S/C21H7F9N4O10/c22-19(23,24)8-4-11(31(35)36)17(12(5-8)32(37)38)43-15-3-1-2-10(21(28,29)30)16(15)44-18-13(33(39)40)6-9(20(25,26)27)7-14(18)34(41)42/h1-7H. The van der Waals surface area contributed by atoms with Crippen molar-refractivity contribution in [2.45, 2.75) is 18.5 Å². The highest BCUT2D eigenvalue weighted by atomic mass is 19.4. The molecule has 0 bridgehead atoms. The molecule has 0 spiro atoms. The van der Waals surface area contributed by atoms with Crippen molar-refractivity contribution in [3.05, 3.63) is 99.6 Å². The van der Waals surface area contributed by atoms with Crippen LogP contribution in [-0.4, -0.2) is 19.7 Å². The highest BCUT2D eigenvalue weighted by Crippen LogP contribution is 2.52. The first-order chi connectivity index (χ1) is 20.0. The summed E-state index contributed by atoms with van der Waals surface area (Å²) in [7, 11) is 0. The number of nitrogens with zero attached hydrogens (tertiary/aromatic N) is 4. The first kappa shape index (κ1) is 32.7. The molecular formula is C21H7F9N4O10. The Morgan fingerprint density at radius 1 is 0.500 bits per heavy atom. The van der Waals surface area contributed by atoms with Crippen molar-refractivity contribution in [3.8, 4) is 23.0 Å². The highest BCUT2D eigenvalue weighted by molar-refractivity contribution is 5.67. The fourth-order valence-corrected chi connectivity index (χ4v) is 3.41. The number of ether oxygens (including phenoxy) is 2. The van der Waals surface area contributed by atoms with Crippen LogP contribution in [0.4, 0.5) is 62.3 Å². The molecule has 0 aromatic heterocycles. The van der Waals surface area contributed by atoms with E-state index in [0.717, 1.165) is 0 Å². The van der Waals surface area contributed by atoms with Crippen molar-refractivity contribution in [1.82, 2.24) is 0 Å². The van der Waals surface area contributed by atoms with Crippen molar-refractivity contribution < 1.29 is 68.7 Å². The molecule has 0 saturated carbocycles. The van der Waals surface area contributed by atoms with Gasteiger partial charge in [-0.05, 0) is 12.1 Å². The average Bonchev–Trinajstić information content (AvgIpc) is 2.86. The van der Waals surface area contributed by atoms with Gasteiger partial charge in [-0.15, -0.1) is 0 Å². The second-order valence-corrected chi connectivity index (χ2v) is 8.05. The van der Waals surface area contributed by atoms with Crippen molar-refractivity contribution in [2.24, 2.45) is 0 Å². The number of nitro benzene ring substituents is 4. The van der Waals surface area contributed by atoms with Gasteiger partial charge in [-0.3, -0.25) is 40.5 Å². The van der Waals surface area contributed by atoms with E-state index in [-0.39, 0.29) is 30.3 Å². The van der Waals surface area contributed by atoms with E-state index in [2.05, 4.69) is 0 Å². The minimum atomic E-state index is -5.58. The number of alkyl halides is 9. The minimum Gasteiger partial charge on any atom is -0.440 e. The summed E-state index contributed by atoms with van der Waals surface area (Å²) in [6.07, 6.45) is -16.5. The zero-order chi connectivity index (χ0) is 33.5. The Morgan fingerprint density at radius 3 is 1.14 bits per heavy atom. The molecular weight excluding hydrogens is 639 g/mol. The number of halogens is 9. The molecule has 0 amide bonds. The van der Waals surface area contributed by atoms with Crippen LogP contribution in [0.1, 0.15) is 16.7 Å². The van der Waals surface area contributed by atoms with Gasteiger partial charge in [-0.2, -0.15) is 39.5 Å². The van der Waals surface area contributed by atoms with E-state index in [9.17, 15) is 80.0 Å². The van der Waals surface area contributed by atoms with Crippen LogP contribution in [0.3, 0.4) is 0 Å². The van der Waals surface area contributed by atoms with E-state index < -0.39 is 101 Å². The summed E-state index contributed by atoms with van der Waals surface area (Å²) in [5.41, 5.74) is -13.4. The Bertz CT molecular complexity index is 1630. The van der Waals surface area contributed by atoms with Gasteiger partial charge < -0.3 is 9.47 Å². The van der Waals surface area contributed by atoms with Crippen LogP contribution in [0.15, 0.2) is 42.5 Å². The molecule has 0 heterocycles. The first-order valence-corrected chi connectivity index (χ1v) is 10.7. The molecule has 0 N–H and O–H groups in total. The van der Waals surface area contributed by atoms with Crippen molar-refractivity contribution in [2.75, 3.05) is 0 Å². The third kappa shape index (κ3) is 6.65. The first-order valence-electron chi connectivity index (χ1n) is 10.7. The smallest absolute Gasteiger partial charge is 0.420 e. The van der Waals surface area contributed by atoms with Gasteiger partial charge in [0.25, 0.3) is 11.5 Å². The third-order valence-corrected chi connectivity index (χ3v) is 5.24. The third-order valence-electron chi connectivity index (χ3n) is 5.24. The number of nitro groups is 4. The molecule has 14 nitrogen and oxygen atoms in total. The Hall–Kier alpha value is -5.77. The largest absolute Gasteiger partial charge is 0.440 e. The summed E-state index contributed by atoms with van der Waals surface area (Å²) >= 11 is 0. The monoisotopic (exact) mass is 646 g/mol. The van der Waals surface area contributed by atoms with Gasteiger partial charge >= 0.3 is 41.3 Å². The van der Waals surface area contributed by atoms with E-state index in [1.165, 1.54) is 0 Å². The molecule has 0 aliphatic carbocycles. The van der Waals surface area contributed by atoms with Crippen LogP contribution in [0.25, 0.3) is 0 Å². The van der Waals surface area contributed by atoms with Gasteiger partial charge in [0, 0.05) is 24.3 Å². The van der Waals surface area contributed by atoms with E-state index in [0.29, 0.717) is 12.1 Å². The zero-order valence-corrected chi connectivity index (χ0v) is 20.3. The lowest BCUT2D eigenvalue weighted by molar-refractivity contribution is -0.396. The molecule has 3 rings (SSSR count). The van der Waals surface area contributed by atoms with Crippen molar-refractivity contribution in [1.29, 1.82) is 0 Å². The van der Waals surface area contributed by atoms with Crippen molar-refractivity contribution in [3.63, 3.8) is 0 Å². The molecule has 0 radical (unpaired) electrons. The quantitative estimate of drug-likeness (QED) is 0.132. The van der Waals surface area contributed by atoms with Gasteiger partial charge in [0.2, 0.25) is 0 Å². The summed E-state index contributed by atoms with van der Waals surface area (Å²) in [5.74, 6) is -6.93. The van der Waals surface area contributed by atoms with Gasteiger partial charge in [-0.25, -0.2) is 0 Å². The van der Waals surface area contributed by atoms with E-state index >= 15 is 0 Å². The van der Waals surface area contributed by atoms with Crippen molar-refractivity contribution >= 4 is 22.7 Å². The molecule has 3 aromatic rings. The molecule has 0 atom stereocenters. The SMILES string of the molecule is O=[N+]([O-])c1cc(C(F)(F)F)cc([N+](=O)[O-])c1Oc1cccc(C(F)(F)F)c1Oc1c([N+](=O)[O-])cc(C(F)(F)F)cc1[N+](=O)[O-]. The average molecular weight is 646 g/mol. The Balaban J connectivity index is 2.41. The van der Waals surface area contributed by atoms with E-state index in [4.69, 9.17) is 9.47 Å². The van der Waals surface area contributed by atoms with Crippen LogP contribution in [-0.2, 0) is 18.5 Å². The molecule has 44 heavy (non-hydrogen) atoms. The van der Waals surface area contributed by atoms with Crippen LogP contribution >= 0.6 is 0 Å². The molecule has 0 unspecified atom stereocenters. The lowest BCUT2D eigenvalue weighted by Gasteiger charge is -2.18. The van der Waals surface area contributed by atoms with E-state index in [1.807, 2.05) is 0 Å². The normalized spacial score (nSPS) is 12.0. The Labute approximate surface area is 233 Å². The fourth-order valence-electron chi connectivity index (χ4n) is 3.41. The number of hydrogen-bond donors (Lipinski definition) is 0. The summed E-state index contributed by atoms with van der Waals surface area (Å²) < 4.78 is 131. The predicted octanol–water partition coefficient (Wildman–Crippen LogP) is 7.96. The van der Waals surface area contributed by atoms with E-state index in [1.54, 1.807) is 0 Å². The molecule has 3 aromatic carbocycles. The Morgan fingerprint density at radius 2 is 0.841 bits per heavy atom. The van der Waals surface area contributed by atoms with Gasteiger partial charge in [0.15, 0.2) is 11.5 Å². The lowest BCUT2D eigenvalue weighted by Crippen LogP contribution is -2.11. The number of para-hydroxylation sites is 1. The summed E-state index contributed by atoms with van der Waals surface area (Å²) in [4.78, 5) is 39.4. The maximum Gasteiger partial charge on any atom is 0.420 e. The molecule has 0 aliphatic rings. The van der Waals surface area contributed by atoms with Crippen LogP contribution in [0.2, 0.25) is 0 Å². The van der Waals surface area contributed by atoms with Gasteiger partial charge in [-0.1, -0.05) is 6.07 Å². The van der Waals surface area contributed by atoms with Gasteiger partial charge in [0.1, 0.15) is 5.56 Å². The zero-order valence-electron chi connectivity index (χ0n) is 20.3. The topological polar surface area (TPSA) is 191 Å².